The molecule has 2 saturated heterocycles. The lowest BCUT2D eigenvalue weighted by molar-refractivity contribution is -0.128. The third-order valence-electron chi connectivity index (χ3n) is 4.53. The summed E-state index contributed by atoms with van der Waals surface area (Å²) in [6, 6.07) is 8.88. The molecule has 0 unspecified atom stereocenters. The maximum absolute atomic E-state index is 12.3. The van der Waals surface area contributed by atoms with E-state index in [1.807, 2.05) is 13.8 Å². The van der Waals surface area contributed by atoms with Crippen LogP contribution in [0.1, 0.15) is 31.4 Å². The van der Waals surface area contributed by atoms with E-state index in [-0.39, 0.29) is 30.1 Å². The van der Waals surface area contributed by atoms with Crippen molar-refractivity contribution in [2.24, 2.45) is 5.92 Å². The molecule has 4 heteroatoms. The molecule has 1 aromatic rings. The van der Waals surface area contributed by atoms with Gasteiger partial charge in [-0.25, -0.2) is 0 Å². The van der Waals surface area contributed by atoms with Crippen molar-refractivity contribution in [1.82, 2.24) is 10.2 Å². The fourth-order valence-corrected chi connectivity index (χ4v) is 3.49. The maximum atomic E-state index is 12.3. The van der Waals surface area contributed by atoms with Gasteiger partial charge in [-0.3, -0.25) is 9.69 Å². The predicted octanol–water partition coefficient (Wildman–Crippen LogP) is 2.11. The van der Waals surface area contributed by atoms with E-state index in [0.717, 1.165) is 26.1 Å². The lowest BCUT2D eigenvalue weighted by atomic mass is 9.99. The number of carbonyl (C=O) groups is 1. The zero-order valence-electron chi connectivity index (χ0n) is 13.7. The second-order valence-corrected chi connectivity index (χ2v) is 6.98. The number of hydrogen-bond acceptors (Lipinski definition) is 3. The zero-order chi connectivity index (χ0) is 15.7. The van der Waals surface area contributed by atoms with Gasteiger partial charge in [0.15, 0.2) is 0 Å². The number of benzene rings is 1. The van der Waals surface area contributed by atoms with Crippen molar-refractivity contribution in [3.05, 3.63) is 35.4 Å². The monoisotopic (exact) mass is 302 g/mol. The molecule has 120 valence electrons. The van der Waals surface area contributed by atoms with Gasteiger partial charge in [0.2, 0.25) is 5.91 Å². The molecule has 1 aromatic carbocycles. The zero-order valence-corrected chi connectivity index (χ0v) is 13.7. The minimum atomic E-state index is 0.00965. The van der Waals surface area contributed by atoms with E-state index < -0.39 is 0 Å². The minimum Gasteiger partial charge on any atom is -0.371 e. The molecule has 2 fully saturated rings. The van der Waals surface area contributed by atoms with Gasteiger partial charge >= 0.3 is 0 Å². The van der Waals surface area contributed by atoms with Gasteiger partial charge < -0.3 is 10.1 Å². The molecule has 0 aliphatic carbocycles. The normalized spacial score (nSPS) is 28.1. The van der Waals surface area contributed by atoms with Gasteiger partial charge in [0.05, 0.1) is 18.1 Å². The molecule has 2 bridgehead atoms. The van der Waals surface area contributed by atoms with Gasteiger partial charge in [-0.2, -0.15) is 0 Å². The smallest absolute Gasteiger partial charge is 0.226 e. The minimum absolute atomic E-state index is 0.00965. The average Bonchev–Trinajstić information content (AvgIpc) is 2.76. The Morgan fingerprint density at radius 3 is 2.73 bits per heavy atom. The molecule has 0 spiro atoms. The van der Waals surface area contributed by atoms with E-state index in [1.54, 1.807) is 0 Å². The summed E-state index contributed by atoms with van der Waals surface area (Å²) in [4.78, 5) is 14.7. The van der Waals surface area contributed by atoms with E-state index in [9.17, 15) is 4.79 Å². The molecule has 1 amide bonds. The quantitative estimate of drug-likeness (QED) is 0.926. The molecular weight excluding hydrogens is 276 g/mol. The van der Waals surface area contributed by atoms with Crippen molar-refractivity contribution in [1.29, 1.82) is 0 Å². The third kappa shape index (κ3) is 3.50. The van der Waals surface area contributed by atoms with Crippen molar-refractivity contribution < 1.29 is 9.53 Å². The van der Waals surface area contributed by atoms with Crippen molar-refractivity contribution in [3.63, 3.8) is 0 Å². The second kappa shape index (κ2) is 6.39. The Kier molecular flexibility index (Phi) is 4.50. The van der Waals surface area contributed by atoms with Crippen LogP contribution in [0.3, 0.4) is 0 Å². The van der Waals surface area contributed by atoms with Gasteiger partial charge in [-0.05, 0) is 32.8 Å². The van der Waals surface area contributed by atoms with Gasteiger partial charge in [0.1, 0.15) is 0 Å². The first-order valence-corrected chi connectivity index (χ1v) is 8.25. The van der Waals surface area contributed by atoms with Crippen LogP contribution in [0.2, 0.25) is 0 Å². The molecule has 3 rings (SSSR count). The van der Waals surface area contributed by atoms with Crippen LogP contribution in [0.4, 0.5) is 0 Å². The molecule has 0 saturated carbocycles. The Morgan fingerprint density at radius 2 is 2.05 bits per heavy atom. The molecule has 4 nitrogen and oxygen atoms in total. The fraction of sp³-hybridized carbons (Fsp3) is 0.611. The van der Waals surface area contributed by atoms with Crippen LogP contribution in [0, 0.1) is 12.8 Å². The predicted molar refractivity (Wildman–Crippen MR) is 86.5 cm³/mol. The van der Waals surface area contributed by atoms with Crippen molar-refractivity contribution in [3.8, 4) is 0 Å². The van der Waals surface area contributed by atoms with Crippen LogP contribution in [-0.4, -0.2) is 42.1 Å². The number of carbonyl (C=O) groups excluding carboxylic acids is 1. The van der Waals surface area contributed by atoms with E-state index in [2.05, 4.69) is 41.4 Å². The molecular formula is C18H26N2O2. The van der Waals surface area contributed by atoms with Crippen LogP contribution in [-0.2, 0) is 16.1 Å². The number of aryl methyl sites for hydroxylation is 1. The summed E-state index contributed by atoms with van der Waals surface area (Å²) in [5, 5.41) is 3.03. The lowest BCUT2D eigenvalue weighted by Gasteiger charge is -2.32. The largest absolute Gasteiger partial charge is 0.371 e. The highest BCUT2D eigenvalue weighted by Gasteiger charge is 2.44. The Morgan fingerprint density at radius 1 is 1.32 bits per heavy atom. The van der Waals surface area contributed by atoms with Gasteiger partial charge in [0.25, 0.3) is 0 Å². The first-order chi connectivity index (χ1) is 10.5. The first-order valence-electron chi connectivity index (χ1n) is 8.25. The summed E-state index contributed by atoms with van der Waals surface area (Å²) in [6.45, 7) is 8.83. The summed E-state index contributed by atoms with van der Waals surface area (Å²) in [7, 11) is 0. The summed E-state index contributed by atoms with van der Waals surface area (Å²) in [5.74, 6) is 0.162. The number of hydrogen-bond donors (Lipinski definition) is 1. The molecule has 2 aliphatic heterocycles. The Bertz CT molecular complexity index is 526. The number of nitrogens with one attached hydrogen (secondary N) is 1. The number of nitrogens with zero attached hydrogens (tertiary/aromatic N) is 1. The van der Waals surface area contributed by atoms with Crippen LogP contribution >= 0.6 is 0 Å². The van der Waals surface area contributed by atoms with Gasteiger partial charge in [0, 0.05) is 25.7 Å². The van der Waals surface area contributed by atoms with Gasteiger partial charge in [-0.1, -0.05) is 29.8 Å². The lowest BCUT2D eigenvalue weighted by Crippen LogP contribution is -2.45. The number of morpholine rings is 1. The number of amides is 1. The van der Waals surface area contributed by atoms with E-state index in [1.165, 1.54) is 11.1 Å². The Labute approximate surface area is 132 Å². The summed E-state index contributed by atoms with van der Waals surface area (Å²) >= 11 is 0. The third-order valence-corrected chi connectivity index (χ3v) is 4.53. The Balaban J connectivity index is 1.60. The fourth-order valence-electron chi connectivity index (χ4n) is 3.49. The van der Waals surface area contributed by atoms with E-state index in [4.69, 9.17) is 4.74 Å². The highest BCUT2D eigenvalue weighted by Crippen LogP contribution is 2.32. The number of likely N-dealkylation sites (tertiary alicyclic amines) is 1. The first kappa shape index (κ1) is 15.5. The van der Waals surface area contributed by atoms with Gasteiger partial charge in [-0.15, -0.1) is 0 Å². The molecule has 0 aromatic heterocycles. The highest BCUT2D eigenvalue weighted by molar-refractivity contribution is 5.80. The highest BCUT2D eigenvalue weighted by atomic mass is 16.5. The maximum Gasteiger partial charge on any atom is 0.226 e. The van der Waals surface area contributed by atoms with Crippen LogP contribution in [0.25, 0.3) is 0 Å². The summed E-state index contributed by atoms with van der Waals surface area (Å²) in [5.41, 5.74) is 2.62. The van der Waals surface area contributed by atoms with E-state index >= 15 is 0 Å². The summed E-state index contributed by atoms with van der Waals surface area (Å²) < 4.78 is 6.00. The second-order valence-electron chi connectivity index (χ2n) is 6.98. The number of fused-ring (bicyclic) bond motifs is 2. The molecule has 1 N–H and O–H groups in total. The standard InChI is InChI=1S/C18H26N2O2/c1-12(2)19-18(21)16-8-15-10-20(11-17(16)22-15)9-14-6-4-13(3)5-7-14/h4-7,12,15-17H,8-11H2,1-3H3,(H,19,21)/t15-,16+,17-/m0/s1. The molecule has 22 heavy (non-hydrogen) atoms. The van der Waals surface area contributed by atoms with Crippen LogP contribution in [0.15, 0.2) is 24.3 Å². The molecule has 2 aliphatic rings. The van der Waals surface area contributed by atoms with Crippen molar-refractivity contribution in [2.75, 3.05) is 13.1 Å². The number of ether oxygens (including phenoxy) is 1. The topological polar surface area (TPSA) is 41.6 Å². The Hall–Kier alpha value is -1.39. The van der Waals surface area contributed by atoms with E-state index in [0.29, 0.717) is 0 Å². The van der Waals surface area contributed by atoms with Crippen molar-refractivity contribution >= 4 is 5.91 Å². The van der Waals surface area contributed by atoms with Crippen LogP contribution < -0.4 is 5.32 Å². The summed E-state index contributed by atoms with van der Waals surface area (Å²) in [6.07, 6.45) is 1.10. The van der Waals surface area contributed by atoms with Crippen molar-refractivity contribution in [2.45, 2.75) is 52.0 Å². The van der Waals surface area contributed by atoms with Crippen LogP contribution in [0.5, 0.6) is 0 Å². The SMILES string of the molecule is Cc1ccc(CN2C[C@@H]3C[C@@H](C(=O)NC(C)C)[C@H](C2)O3)cc1. The average molecular weight is 302 g/mol. The molecule has 0 radical (unpaired) electrons. The molecule has 2 heterocycles. The number of rotatable bonds is 4. The molecule has 3 atom stereocenters.